The van der Waals surface area contributed by atoms with Crippen molar-refractivity contribution in [3.63, 3.8) is 0 Å². The van der Waals surface area contributed by atoms with Gasteiger partial charge in [-0.3, -0.25) is 4.79 Å². The summed E-state index contributed by atoms with van der Waals surface area (Å²) in [6.07, 6.45) is -1.92. The summed E-state index contributed by atoms with van der Waals surface area (Å²) in [6.45, 7) is 0. The molecule has 2 aromatic rings. The van der Waals surface area contributed by atoms with Crippen LogP contribution in [-0.4, -0.2) is 12.1 Å². The summed E-state index contributed by atoms with van der Waals surface area (Å²) in [4.78, 5) is 12.0. The van der Waals surface area contributed by atoms with Gasteiger partial charge in [0.15, 0.2) is 5.78 Å². The van der Waals surface area contributed by atoms with Gasteiger partial charge in [0, 0.05) is 11.3 Å². The summed E-state index contributed by atoms with van der Waals surface area (Å²) in [5, 5.41) is 0. The largest absolute Gasteiger partial charge is 0.573 e. The molecule has 0 radical (unpaired) electrons. The predicted molar refractivity (Wildman–Crippen MR) is 77.3 cm³/mol. The maximum absolute atomic E-state index is 12.0. The Morgan fingerprint density at radius 2 is 1.68 bits per heavy atom. The van der Waals surface area contributed by atoms with E-state index in [1.165, 1.54) is 36.4 Å². The molecule has 2 aromatic carbocycles. The fraction of sp³-hybridized carbons (Fsp3) is 0.0625. The average Bonchev–Trinajstić information content (AvgIpc) is 2.45. The molecule has 0 atom stereocenters. The lowest BCUT2D eigenvalue weighted by Gasteiger charge is -2.08. The number of ether oxygens (including phenoxy) is 1. The van der Waals surface area contributed by atoms with E-state index in [4.69, 9.17) is 5.73 Å². The van der Waals surface area contributed by atoms with Crippen molar-refractivity contribution in [2.24, 2.45) is 0 Å². The van der Waals surface area contributed by atoms with Crippen LogP contribution < -0.4 is 10.5 Å². The molecule has 6 heteroatoms. The first kappa shape index (κ1) is 15.6. The quantitative estimate of drug-likeness (QED) is 0.526. The molecular formula is C16H12F3NO2. The number of carbonyl (C=O) groups is 1. The number of alkyl halides is 3. The van der Waals surface area contributed by atoms with Crippen LogP contribution >= 0.6 is 0 Å². The van der Waals surface area contributed by atoms with Crippen molar-refractivity contribution in [1.82, 2.24) is 0 Å². The van der Waals surface area contributed by atoms with E-state index in [-0.39, 0.29) is 11.5 Å². The Balaban J connectivity index is 2.07. The zero-order chi connectivity index (χ0) is 16.2. The van der Waals surface area contributed by atoms with E-state index in [9.17, 15) is 18.0 Å². The number of allylic oxidation sites excluding steroid dienone is 1. The van der Waals surface area contributed by atoms with Crippen molar-refractivity contribution in [2.75, 3.05) is 5.73 Å². The average molecular weight is 307 g/mol. The molecule has 0 aliphatic carbocycles. The lowest BCUT2D eigenvalue weighted by molar-refractivity contribution is -0.274. The summed E-state index contributed by atoms with van der Waals surface area (Å²) < 4.78 is 39.8. The zero-order valence-electron chi connectivity index (χ0n) is 11.3. The van der Waals surface area contributed by atoms with Gasteiger partial charge in [-0.15, -0.1) is 13.2 Å². The van der Waals surface area contributed by atoms with Crippen LogP contribution in [0.2, 0.25) is 0 Å². The molecule has 0 spiro atoms. The number of benzene rings is 2. The van der Waals surface area contributed by atoms with Crippen molar-refractivity contribution in [2.45, 2.75) is 6.36 Å². The van der Waals surface area contributed by atoms with E-state index in [1.54, 1.807) is 24.3 Å². The van der Waals surface area contributed by atoms with Gasteiger partial charge in [0.2, 0.25) is 0 Å². The normalized spacial score (nSPS) is 11.6. The Morgan fingerprint density at radius 3 is 2.27 bits per heavy atom. The summed E-state index contributed by atoms with van der Waals surface area (Å²) in [6, 6.07) is 11.8. The van der Waals surface area contributed by atoms with E-state index in [1.807, 2.05) is 0 Å². The van der Waals surface area contributed by atoms with Gasteiger partial charge in [-0.2, -0.15) is 0 Å². The fourth-order valence-corrected chi connectivity index (χ4v) is 1.76. The molecule has 0 aromatic heterocycles. The zero-order valence-corrected chi connectivity index (χ0v) is 11.3. The first-order valence-corrected chi connectivity index (χ1v) is 6.28. The van der Waals surface area contributed by atoms with Crippen LogP contribution in [0.15, 0.2) is 54.6 Å². The van der Waals surface area contributed by atoms with Crippen molar-refractivity contribution in [3.05, 3.63) is 65.7 Å². The van der Waals surface area contributed by atoms with Crippen molar-refractivity contribution in [1.29, 1.82) is 0 Å². The highest BCUT2D eigenvalue weighted by Gasteiger charge is 2.30. The van der Waals surface area contributed by atoms with Gasteiger partial charge >= 0.3 is 6.36 Å². The van der Waals surface area contributed by atoms with Gasteiger partial charge in [0.25, 0.3) is 0 Å². The predicted octanol–water partition coefficient (Wildman–Crippen LogP) is 4.06. The third kappa shape index (κ3) is 4.37. The van der Waals surface area contributed by atoms with Crippen LogP contribution in [0, 0.1) is 0 Å². The highest BCUT2D eigenvalue weighted by molar-refractivity contribution is 6.10. The van der Waals surface area contributed by atoms with E-state index in [2.05, 4.69) is 4.74 Å². The Morgan fingerprint density at radius 1 is 1.05 bits per heavy atom. The summed E-state index contributed by atoms with van der Waals surface area (Å²) in [5.41, 5.74) is 7.00. The van der Waals surface area contributed by atoms with Crippen molar-refractivity contribution < 1.29 is 22.7 Å². The number of ketones is 1. The molecule has 3 nitrogen and oxygen atoms in total. The second kappa shape index (κ2) is 6.34. The molecule has 2 N–H and O–H groups in total. The van der Waals surface area contributed by atoms with Gasteiger partial charge in [-0.1, -0.05) is 30.3 Å². The van der Waals surface area contributed by atoms with Crippen LogP contribution in [0.1, 0.15) is 15.9 Å². The number of hydrogen-bond acceptors (Lipinski definition) is 3. The first-order valence-electron chi connectivity index (χ1n) is 6.28. The van der Waals surface area contributed by atoms with Crippen LogP contribution in [0.3, 0.4) is 0 Å². The van der Waals surface area contributed by atoms with Crippen molar-refractivity contribution in [3.8, 4) is 5.75 Å². The topological polar surface area (TPSA) is 52.3 Å². The van der Waals surface area contributed by atoms with Crippen LogP contribution in [0.25, 0.3) is 6.08 Å². The van der Waals surface area contributed by atoms with E-state index in [0.717, 1.165) is 0 Å². The minimum atomic E-state index is -4.72. The molecule has 0 bridgehead atoms. The number of hydrogen-bond donors (Lipinski definition) is 1. The molecule has 0 fully saturated rings. The Labute approximate surface area is 124 Å². The smallest absolute Gasteiger partial charge is 0.406 e. The Bertz CT molecular complexity index is 691. The highest BCUT2D eigenvalue weighted by atomic mass is 19.4. The SMILES string of the molecule is Nc1ccccc1C(=O)C=Cc1ccc(OC(F)(F)F)cc1. The van der Waals surface area contributed by atoms with E-state index < -0.39 is 6.36 Å². The molecule has 22 heavy (non-hydrogen) atoms. The fourth-order valence-electron chi connectivity index (χ4n) is 1.76. The van der Waals surface area contributed by atoms with Gasteiger partial charge < -0.3 is 10.5 Å². The maximum Gasteiger partial charge on any atom is 0.573 e. The lowest BCUT2D eigenvalue weighted by Crippen LogP contribution is -2.16. The van der Waals surface area contributed by atoms with E-state index in [0.29, 0.717) is 16.8 Å². The minimum Gasteiger partial charge on any atom is -0.406 e. The lowest BCUT2D eigenvalue weighted by atomic mass is 10.1. The number of nitrogen functional groups attached to an aromatic ring is 1. The molecule has 114 valence electrons. The van der Waals surface area contributed by atoms with Gasteiger partial charge in [-0.25, -0.2) is 0 Å². The monoisotopic (exact) mass is 307 g/mol. The number of anilines is 1. The second-order valence-electron chi connectivity index (χ2n) is 4.40. The minimum absolute atomic E-state index is 0.284. The molecular weight excluding hydrogens is 295 g/mol. The van der Waals surface area contributed by atoms with E-state index >= 15 is 0 Å². The molecule has 0 saturated carbocycles. The number of nitrogens with two attached hydrogens (primary N) is 1. The van der Waals surface area contributed by atoms with Crippen LogP contribution in [0.5, 0.6) is 5.75 Å². The second-order valence-corrected chi connectivity index (χ2v) is 4.40. The molecule has 0 aliphatic rings. The number of carbonyl (C=O) groups excluding carboxylic acids is 1. The summed E-state index contributed by atoms with van der Waals surface area (Å²) >= 11 is 0. The maximum atomic E-state index is 12.0. The third-order valence-corrected chi connectivity index (χ3v) is 2.77. The summed E-state index contributed by atoms with van der Waals surface area (Å²) in [7, 11) is 0. The molecule has 0 saturated heterocycles. The third-order valence-electron chi connectivity index (χ3n) is 2.77. The van der Waals surface area contributed by atoms with Gasteiger partial charge in [0.05, 0.1) is 0 Å². The molecule has 2 rings (SSSR count). The van der Waals surface area contributed by atoms with Gasteiger partial charge in [0.1, 0.15) is 5.75 Å². The first-order chi connectivity index (χ1) is 10.3. The van der Waals surface area contributed by atoms with Crippen LogP contribution in [0.4, 0.5) is 18.9 Å². The standard InChI is InChI=1S/C16H12F3NO2/c17-16(18,19)22-12-8-5-11(6-9-12)7-10-15(21)13-3-1-2-4-14(13)20/h1-10H,20H2. The number of halogens is 3. The Hall–Kier alpha value is -2.76. The molecule has 0 amide bonds. The van der Waals surface area contributed by atoms with Crippen LogP contribution in [-0.2, 0) is 0 Å². The number of para-hydroxylation sites is 1. The Kier molecular flexibility index (Phi) is 4.50. The molecule has 0 unspecified atom stereocenters. The highest BCUT2D eigenvalue weighted by Crippen LogP contribution is 2.23. The van der Waals surface area contributed by atoms with Crippen molar-refractivity contribution >= 4 is 17.5 Å². The summed E-state index contributed by atoms with van der Waals surface area (Å²) in [5.74, 6) is -0.600. The number of rotatable bonds is 4. The molecule has 0 aliphatic heterocycles. The van der Waals surface area contributed by atoms with Gasteiger partial charge in [-0.05, 0) is 35.9 Å². The molecule has 0 heterocycles.